The average molecular weight is 370 g/mol. The molecule has 1 unspecified atom stereocenters. The molecule has 3 heterocycles. The number of para-hydroxylation sites is 1. The molecule has 1 amide bonds. The summed E-state index contributed by atoms with van der Waals surface area (Å²) in [4.78, 5) is 15.6. The summed E-state index contributed by atoms with van der Waals surface area (Å²) in [5.74, 6) is -0.0515. The largest absolute Gasteiger partial charge is 0.378 e. The number of benzene rings is 1. The van der Waals surface area contributed by atoms with E-state index in [0.29, 0.717) is 17.8 Å². The quantitative estimate of drug-likeness (QED) is 0.849. The maximum atomic E-state index is 13.0. The van der Waals surface area contributed by atoms with Crippen LogP contribution in [0.3, 0.4) is 0 Å². The lowest BCUT2D eigenvalue weighted by Gasteiger charge is -2.48. The van der Waals surface area contributed by atoms with Gasteiger partial charge in [-0.3, -0.25) is 14.4 Å². The van der Waals surface area contributed by atoms with Gasteiger partial charge < -0.3 is 10.1 Å². The predicted octanol–water partition coefficient (Wildman–Crippen LogP) is 2.82. The number of aromatic nitrogens is 2. The lowest BCUT2D eigenvalue weighted by atomic mass is 9.89. The molecule has 2 fully saturated rings. The Hall–Kier alpha value is -1.92. The smallest absolute Gasteiger partial charge is 0.272 e. The number of rotatable bonds is 6. The lowest BCUT2D eigenvalue weighted by Crippen LogP contribution is -2.60. The van der Waals surface area contributed by atoms with E-state index in [9.17, 15) is 4.79 Å². The van der Waals surface area contributed by atoms with Crippen LogP contribution in [0.5, 0.6) is 0 Å². The molecule has 1 aromatic carbocycles. The highest BCUT2D eigenvalue weighted by Crippen LogP contribution is 2.28. The number of carbonyl (C=O) groups excluding carboxylic acids is 1. The van der Waals surface area contributed by atoms with Gasteiger partial charge in [0.1, 0.15) is 0 Å². The first-order valence-corrected chi connectivity index (χ1v) is 10.3. The summed E-state index contributed by atoms with van der Waals surface area (Å²) in [6.07, 6.45) is 4.35. The minimum absolute atomic E-state index is 0.0515. The third kappa shape index (κ3) is 3.60. The number of hydrogen-bond donors (Lipinski definition) is 1. The van der Waals surface area contributed by atoms with Crippen molar-refractivity contribution in [2.24, 2.45) is 0 Å². The number of unbranched alkanes of at least 4 members (excludes halogenated alkanes) is 1. The molecule has 0 radical (unpaired) electrons. The van der Waals surface area contributed by atoms with Crippen molar-refractivity contribution < 1.29 is 9.53 Å². The van der Waals surface area contributed by atoms with Crippen molar-refractivity contribution >= 4 is 16.8 Å². The van der Waals surface area contributed by atoms with E-state index >= 15 is 0 Å². The second kappa shape index (κ2) is 7.98. The van der Waals surface area contributed by atoms with Crippen LogP contribution in [-0.2, 0) is 11.3 Å². The number of piperidine rings is 1. The van der Waals surface area contributed by atoms with Crippen LogP contribution < -0.4 is 5.32 Å². The van der Waals surface area contributed by atoms with Gasteiger partial charge in [-0.05, 0) is 38.8 Å². The zero-order valence-electron chi connectivity index (χ0n) is 16.4. The van der Waals surface area contributed by atoms with Gasteiger partial charge >= 0.3 is 0 Å². The van der Waals surface area contributed by atoms with Gasteiger partial charge in [0.25, 0.3) is 5.91 Å². The van der Waals surface area contributed by atoms with Crippen LogP contribution in [0.1, 0.15) is 50.0 Å². The number of nitrogens with zero attached hydrogens (tertiary/aromatic N) is 3. The van der Waals surface area contributed by atoms with Gasteiger partial charge in [-0.25, -0.2) is 0 Å². The standard InChI is InChI=1S/C21H30N4O2/c1-3-5-10-24-16-11-15(12-17(24)14-27-13-16)22-21(26)20-18-8-6-7-9-19(18)25(4-2)23-20/h6-9,15-17H,3-5,10-14H2,1-2H3,(H,22,26)/t15?,16-,17+. The van der Waals surface area contributed by atoms with Gasteiger partial charge in [-0.1, -0.05) is 31.5 Å². The normalized spacial score (nSPS) is 25.6. The molecular weight excluding hydrogens is 340 g/mol. The Morgan fingerprint density at radius 3 is 2.67 bits per heavy atom. The molecule has 2 aliphatic heterocycles. The number of morpholine rings is 1. The third-order valence-electron chi connectivity index (χ3n) is 5.95. The van der Waals surface area contributed by atoms with Crippen molar-refractivity contribution in [1.82, 2.24) is 20.0 Å². The molecule has 0 spiro atoms. The van der Waals surface area contributed by atoms with E-state index < -0.39 is 0 Å². The van der Waals surface area contributed by atoms with Crippen molar-refractivity contribution in [2.75, 3.05) is 19.8 Å². The highest BCUT2D eigenvalue weighted by molar-refractivity contribution is 6.04. The van der Waals surface area contributed by atoms with E-state index in [1.807, 2.05) is 35.9 Å². The summed E-state index contributed by atoms with van der Waals surface area (Å²) in [7, 11) is 0. The van der Waals surface area contributed by atoms with Gasteiger partial charge in [0.15, 0.2) is 5.69 Å². The molecule has 2 aliphatic rings. The number of amides is 1. The van der Waals surface area contributed by atoms with Crippen LogP contribution in [-0.4, -0.2) is 58.5 Å². The maximum Gasteiger partial charge on any atom is 0.272 e. The predicted molar refractivity (Wildman–Crippen MR) is 106 cm³/mol. The van der Waals surface area contributed by atoms with E-state index in [4.69, 9.17) is 4.74 Å². The molecule has 6 heteroatoms. The van der Waals surface area contributed by atoms with Gasteiger partial charge in [0.05, 0.1) is 18.7 Å². The van der Waals surface area contributed by atoms with Gasteiger partial charge in [-0.2, -0.15) is 5.10 Å². The summed E-state index contributed by atoms with van der Waals surface area (Å²) >= 11 is 0. The van der Waals surface area contributed by atoms with Gasteiger partial charge in [0.2, 0.25) is 0 Å². The fraction of sp³-hybridized carbons (Fsp3) is 0.619. The summed E-state index contributed by atoms with van der Waals surface area (Å²) in [5, 5.41) is 8.77. The van der Waals surface area contributed by atoms with Crippen LogP contribution in [0.15, 0.2) is 24.3 Å². The zero-order valence-corrected chi connectivity index (χ0v) is 16.4. The Kier molecular flexibility index (Phi) is 5.45. The Morgan fingerprint density at radius 2 is 1.96 bits per heavy atom. The number of fused-ring (bicyclic) bond motifs is 3. The lowest BCUT2D eigenvalue weighted by molar-refractivity contribution is -0.0802. The highest BCUT2D eigenvalue weighted by Gasteiger charge is 2.39. The Labute approximate surface area is 160 Å². The van der Waals surface area contributed by atoms with Crippen LogP contribution in [0, 0.1) is 0 Å². The van der Waals surface area contributed by atoms with E-state index in [-0.39, 0.29) is 11.9 Å². The van der Waals surface area contributed by atoms with E-state index in [2.05, 4.69) is 22.2 Å². The Morgan fingerprint density at radius 1 is 1.22 bits per heavy atom. The van der Waals surface area contributed by atoms with Crippen molar-refractivity contribution in [2.45, 2.75) is 64.2 Å². The number of ether oxygens (including phenoxy) is 1. The molecule has 0 aliphatic carbocycles. The molecule has 4 rings (SSSR count). The summed E-state index contributed by atoms with van der Waals surface area (Å²) < 4.78 is 7.69. The second-order valence-corrected chi connectivity index (χ2v) is 7.76. The van der Waals surface area contributed by atoms with Crippen LogP contribution >= 0.6 is 0 Å². The molecular formula is C21H30N4O2. The SMILES string of the molecule is CCCCN1[C@@H]2COC[C@H]1CC(NC(=O)c1nn(CC)c3ccccc13)C2. The molecule has 2 aromatic rings. The minimum atomic E-state index is -0.0515. The zero-order chi connectivity index (χ0) is 18.8. The molecule has 146 valence electrons. The second-order valence-electron chi connectivity index (χ2n) is 7.76. The van der Waals surface area contributed by atoms with Crippen LogP contribution in [0.4, 0.5) is 0 Å². The molecule has 27 heavy (non-hydrogen) atoms. The van der Waals surface area contributed by atoms with Gasteiger partial charge in [0, 0.05) is 30.1 Å². The van der Waals surface area contributed by atoms with Crippen molar-refractivity contribution in [3.05, 3.63) is 30.0 Å². The summed E-state index contributed by atoms with van der Waals surface area (Å²) in [6, 6.07) is 8.99. The number of aryl methyl sites for hydroxylation is 1. The molecule has 2 bridgehead atoms. The van der Waals surface area contributed by atoms with Crippen molar-refractivity contribution in [3.8, 4) is 0 Å². The number of carbonyl (C=O) groups is 1. The highest BCUT2D eigenvalue weighted by atomic mass is 16.5. The first kappa shape index (κ1) is 18.4. The fourth-order valence-electron chi connectivity index (χ4n) is 4.60. The molecule has 1 aromatic heterocycles. The first-order valence-electron chi connectivity index (χ1n) is 10.3. The number of hydrogen-bond acceptors (Lipinski definition) is 4. The monoisotopic (exact) mass is 370 g/mol. The molecule has 3 atom stereocenters. The van der Waals surface area contributed by atoms with Crippen LogP contribution in [0.2, 0.25) is 0 Å². The van der Waals surface area contributed by atoms with Crippen LogP contribution in [0.25, 0.3) is 10.9 Å². The summed E-state index contributed by atoms with van der Waals surface area (Å²) in [5.41, 5.74) is 1.56. The van der Waals surface area contributed by atoms with E-state index in [0.717, 1.165) is 50.0 Å². The first-order chi connectivity index (χ1) is 13.2. The number of nitrogens with one attached hydrogen (secondary N) is 1. The fourth-order valence-corrected chi connectivity index (χ4v) is 4.60. The topological polar surface area (TPSA) is 59.4 Å². The third-order valence-corrected chi connectivity index (χ3v) is 5.95. The maximum absolute atomic E-state index is 13.0. The summed E-state index contributed by atoms with van der Waals surface area (Å²) in [6.45, 7) is 7.74. The van der Waals surface area contributed by atoms with E-state index in [1.54, 1.807) is 0 Å². The van der Waals surface area contributed by atoms with Gasteiger partial charge in [-0.15, -0.1) is 0 Å². The molecule has 2 saturated heterocycles. The van der Waals surface area contributed by atoms with Crippen molar-refractivity contribution in [3.63, 3.8) is 0 Å². The molecule has 1 N–H and O–H groups in total. The average Bonchev–Trinajstić information content (AvgIpc) is 3.05. The van der Waals surface area contributed by atoms with E-state index in [1.165, 1.54) is 12.8 Å². The Bertz CT molecular complexity index is 789. The molecule has 6 nitrogen and oxygen atoms in total. The molecule has 0 saturated carbocycles. The minimum Gasteiger partial charge on any atom is -0.378 e. The Balaban J connectivity index is 1.48. The van der Waals surface area contributed by atoms with Crippen molar-refractivity contribution in [1.29, 1.82) is 0 Å².